The maximum atomic E-state index is 13.9. The Balaban J connectivity index is 1.47. The number of aromatic nitrogens is 1. The molecule has 218 valence electrons. The van der Waals surface area contributed by atoms with E-state index in [4.69, 9.17) is 19.5 Å². The first-order valence-electron chi connectivity index (χ1n) is 14.0. The number of rotatable bonds is 9. The molecule has 2 heterocycles. The fraction of sp³-hybridized carbons (Fsp3) is 0.235. The average Bonchev–Trinajstić information content (AvgIpc) is 3.30. The van der Waals surface area contributed by atoms with Crippen molar-refractivity contribution < 1.29 is 19.0 Å². The normalized spacial score (nSPS) is 14.6. The minimum absolute atomic E-state index is 0.244. The van der Waals surface area contributed by atoms with Crippen molar-refractivity contribution in [2.45, 2.75) is 46.4 Å². The van der Waals surface area contributed by atoms with Crippen LogP contribution in [0, 0.1) is 11.3 Å². The highest BCUT2D eigenvalue weighted by Crippen LogP contribution is 2.32. The molecule has 1 aliphatic rings. The van der Waals surface area contributed by atoms with Gasteiger partial charge in [-0.25, -0.2) is 9.79 Å². The van der Waals surface area contributed by atoms with Gasteiger partial charge < -0.3 is 14.2 Å². The number of ether oxygens (including phenoxy) is 3. The van der Waals surface area contributed by atoms with Crippen LogP contribution in [0.25, 0.3) is 6.08 Å². The van der Waals surface area contributed by atoms with Gasteiger partial charge in [0, 0.05) is 0 Å². The summed E-state index contributed by atoms with van der Waals surface area (Å²) in [5.74, 6) is 0.887. The van der Waals surface area contributed by atoms with Crippen molar-refractivity contribution in [2.24, 2.45) is 4.99 Å². The van der Waals surface area contributed by atoms with Gasteiger partial charge in [-0.05, 0) is 86.9 Å². The first-order valence-corrected chi connectivity index (χ1v) is 14.8. The number of esters is 1. The number of thiazole rings is 1. The molecule has 5 rings (SSSR count). The van der Waals surface area contributed by atoms with Crippen LogP contribution in [-0.2, 0) is 16.1 Å². The molecule has 0 unspecified atom stereocenters. The van der Waals surface area contributed by atoms with Gasteiger partial charge in [0.05, 0.1) is 46.2 Å². The molecule has 0 saturated carbocycles. The molecule has 0 radical (unpaired) electrons. The second kappa shape index (κ2) is 12.9. The van der Waals surface area contributed by atoms with Crippen molar-refractivity contribution in [3.05, 3.63) is 126 Å². The van der Waals surface area contributed by atoms with Crippen LogP contribution in [0.3, 0.4) is 0 Å². The predicted molar refractivity (Wildman–Crippen MR) is 165 cm³/mol. The molecule has 43 heavy (non-hydrogen) atoms. The molecular formula is C34H31N3O5S. The van der Waals surface area contributed by atoms with Gasteiger partial charge in [0.2, 0.25) is 0 Å². The van der Waals surface area contributed by atoms with E-state index in [1.165, 1.54) is 11.3 Å². The van der Waals surface area contributed by atoms with Crippen molar-refractivity contribution in [1.82, 2.24) is 4.57 Å². The van der Waals surface area contributed by atoms with Gasteiger partial charge in [0.25, 0.3) is 5.56 Å². The molecular weight excluding hydrogens is 562 g/mol. The van der Waals surface area contributed by atoms with Crippen LogP contribution in [0.15, 0.2) is 93.9 Å². The van der Waals surface area contributed by atoms with Gasteiger partial charge >= 0.3 is 5.97 Å². The zero-order valence-electron chi connectivity index (χ0n) is 24.4. The van der Waals surface area contributed by atoms with E-state index in [-0.39, 0.29) is 11.7 Å². The summed E-state index contributed by atoms with van der Waals surface area (Å²) in [6.07, 6.45) is 1.49. The number of fused-ring (bicyclic) bond motifs is 1. The highest BCUT2D eigenvalue weighted by Gasteiger charge is 2.33. The molecule has 0 saturated heterocycles. The van der Waals surface area contributed by atoms with Crippen LogP contribution in [0.2, 0.25) is 0 Å². The maximum absolute atomic E-state index is 13.9. The second-order valence-electron chi connectivity index (χ2n) is 10.2. The van der Waals surface area contributed by atoms with E-state index in [9.17, 15) is 9.59 Å². The molecule has 0 fully saturated rings. The van der Waals surface area contributed by atoms with Crippen molar-refractivity contribution >= 4 is 23.4 Å². The van der Waals surface area contributed by atoms with Gasteiger partial charge in [-0.1, -0.05) is 47.7 Å². The van der Waals surface area contributed by atoms with E-state index >= 15 is 0 Å². The van der Waals surface area contributed by atoms with Gasteiger partial charge in [-0.2, -0.15) is 5.26 Å². The quantitative estimate of drug-likeness (QED) is 0.252. The smallest absolute Gasteiger partial charge is 0.338 e. The SMILES string of the molecule is CCOc1ccc([C@@H]2C(C(=O)OC(C)C)=C(C)N=c3s/c(=C/c4ccc(OCc5ccc(C#N)cc5)cc4)c(=O)n32)cc1. The summed E-state index contributed by atoms with van der Waals surface area (Å²) in [6.45, 7) is 8.17. The first-order chi connectivity index (χ1) is 20.8. The van der Waals surface area contributed by atoms with Crippen LogP contribution < -0.4 is 24.4 Å². The van der Waals surface area contributed by atoms with E-state index < -0.39 is 12.0 Å². The molecule has 1 aliphatic heterocycles. The Morgan fingerprint density at radius 3 is 2.30 bits per heavy atom. The monoisotopic (exact) mass is 593 g/mol. The molecule has 0 N–H and O–H groups in total. The fourth-order valence-electron chi connectivity index (χ4n) is 4.74. The number of allylic oxidation sites excluding steroid dienone is 1. The lowest BCUT2D eigenvalue weighted by Crippen LogP contribution is -2.40. The molecule has 9 heteroatoms. The number of nitrogens with zero attached hydrogens (tertiary/aromatic N) is 3. The van der Waals surface area contributed by atoms with E-state index in [1.807, 2.05) is 73.7 Å². The fourth-order valence-corrected chi connectivity index (χ4v) is 5.79. The molecule has 0 amide bonds. The second-order valence-corrected chi connectivity index (χ2v) is 11.2. The largest absolute Gasteiger partial charge is 0.494 e. The Morgan fingerprint density at radius 1 is 1.02 bits per heavy atom. The van der Waals surface area contributed by atoms with Crippen LogP contribution in [-0.4, -0.2) is 23.2 Å². The first kappa shape index (κ1) is 29.5. The van der Waals surface area contributed by atoms with Crippen LogP contribution in [0.4, 0.5) is 0 Å². The molecule has 1 atom stereocenters. The Labute approximate surface area is 253 Å². The van der Waals surface area contributed by atoms with E-state index in [2.05, 4.69) is 11.1 Å². The molecule has 0 bridgehead atoms. The third-order valence-electron chi connectivity index (χ3n) is 6.76. The van der Waals surface area contributed by atoms with Crippen molar-refractivity contribution in [3.8, 4) is 17.6 Å². The van der Waals surface area contributed by atoms with E-state index in [0.717, 1.165) is 16.7 Å². The Kier molecular flexibility index (Phi) is 8.88. The Bertz CT molecular complexity index is 1880. The molecule has 4 aromatic rings. The number of nitriles is 1. The van der Waals surface area contributed by atoms with Crippen molar-refractivity contribution in [2.75, 3.05) is 6.61 Å². The van der Waals surface area contributed by atoms with Crippen LogP contribution in [0.1, 0.15) is 56.0 Å². The summed E-state index contributed by atoms with van der Waals surface area (Å²) in [4.78, 5) is 32.3. The highest BCUT2D eigenvalue weighted by molar-refractivity contribution is 7.07. The number of carbonyl (C=O) groups is 1. The lowest BCUT2D eigenvalue weighted by molar-refractivity contribution is -0.143. The average molecular weight is 594 g/mol. The standard InChI is InChI=1S/C34H31N3O5S/c1-5-40-27-16-12-26(13-17-27)31-30(33(39)42-21(2)3)22(4)36-34-37(31)32(38)29(43-34)18-23-10-14-28(15-11-23)41-20-25-8-6-24(19-35)7-9-25/h6-18,21,31H,5,20H2,1-4H3/b29-18+/t31-/m1/s1. The summed E-state index contributed by atoms with van der Waals surface area (Å²) in [7, 11) is 0. The summed E-state index contributed by atoms with van der Waals surface area (Å²) >= 11 is 1.28. The lowest BCUT2D eigenvalue weighted by atomic mass is 9.96. The number of carbonyl (C=O) groups excluding carboxylic acids is 1. The van der Waals surface area contributed by atoms with Crippen LogP contribution >= 0.6 is 11.3 Å². The molecule has 0 spiro atoms. The number of hydrogen-bond donors (Lipinski definition) is 0. The van der Waals surface area contributed by atoms with Crippen molar-refractivity contribution in [1.29, 1.82) is 5.26 Å². The maximum Gasteiger partial charge on any atom is 0.338 e. The highest BCUT2D eigenvalue weighted by atomic mass is 32.1. The van der Waals surface area contributed by atoms with Crippen LogP contribution in [0.5, 0.6) is 11.5 Å². The van der Waals surface area contributed by atoms with Crippen molar-refractivity contribution in [3.63, 3.8) is 0 Å². The van der Waals surface area contributed by atoms with Gasteiger partial charge in [-0.15, -0.1) is 0 Å². The van der Waals surface area contributed by atoms with E-state index in [1.54, 1.807) is 37.5 Å². The predicted octanol–water partition coefficient (Wildman–Crippen LogP) is 5.04. The molecule has 3 aromatic carbocycles. The zero-order valence-corrected chi connectivity index (χ0v) is 25.2. The zero-order chi connectivity index (χ0) is 30.5. The Hall–Kier alpha value is -4.94. The third kappa shape index (κ3) is 6.60. The Morgan fingerprint density at radius 2 is 1.67 bits per heavy atom. The van der Waals surface area contributed by atoms with Gasteiger partial charge in [-0.3, -0.25) is 9.36 Å². The lowest BCUT2D eigenvalue weighted by Gasteiger charge is -2.25. The topological polar surface area (TPSA) is 103 Å². The minimum Gasteiger partial charge on any atom is -0.494 e. The number of benzene rings is 3. The van der Waals surface area contributed by atoms with Gasteiger partial charge in [0.15, 0.2) is 4.80 Å². The summed E-state index contributed by atoms with van der Waals surface area (Å²) in [5, 5.41) is 8.96. The summed E-state index contributed by atoms with van der Waals surface area (Å²) in [5.41, 5.74) is 3.74. The molecule has 0 aliphatic carbocycles. The summed E-state index contributed by atoms with van der Waals surface area (Å²) in [6, 6.07) is 23.5. The minimum atomic E-state index is -0.696. The van der Waals surface area contributed by atoms with Gasteiger partial charge in [0.1, 0.15) is 18.1 Å². The summed E-state index contributed by atoms with van der Waals surface area (Å²) < 4.78 is 19.1. The molecule has 1 aromatic heterocycles. The number of hydrogen-bond acceptors (Lipinski definition) is 8. The third-order valence-corrected chi connectivity index (χ3v) is 7.74. The van der Waals surface area contributed by atoms with E-state index in [0.29, 0.717) is 50.9 Å². The molecule has 8 nitrogen and oxygen atoms in total.